The molecule has 2 N–H and O–H groups in total. The van der Waals surface area contributed by atoms with E-state index in [1.54, 1.807) is 0 Å². The van der Waals surface area contributed by atoms with E-state index in [1.165, 1.54) is 24.3 Å². The van der Waals surface area contributed by atoms with Gasteiger partial charge in [0.2, 0.25) is 0 Å². The molecule has 10 heteroatoms. The van der Waals surface area contributed by atoms with E-state index in [2.05, 4.69) is 21.6 Å². The number of aromatic nitrogens is 3. The van der Waals surface area contributed by atoms with Crippen molar-refractivity contribution in [1.82, 2.24) is 18.7 Å². The fraction of sp³-hybridized carbons (Fsp3) is 0.240. The molecule has 1 unspecified atom stereocenters. The van der Waals surface area contributed by atoms with Crippen LogP contribution in [0, 0.1) is 19.7 Å². The zero-order valence-electron chi connectivity index (χ0n) is 19.7. The highest BCUT2D eigenvalue weighted by Crippen LogP contribution is 2.27. The lowest BCUT2D eigenvalue weighted by Crippen LogP contribution is -2.37. The Kier molecular flexibility index (Phi) is 7.23. The second kappa shape index (κ2) is 10.3. The minimum Gasteiger partial charge on any atom is -0.307 e. The maximum Gasteiger partial charge on any atom is 0.335 e. The number of aryl methyl sites for hydroxylation is 3. The summed E-state index contributed by atoms with van der Waals surface area (Å²) in [5.74, 6) is -0.439. The van der Waals surface area contributed by atoms with Crippen LogP contribution in [-0.4, -0.2) is 40.0 Å². The number of halogens is 1. The van der Waals surface area contributed by atoms with Crippen molar-refractivity contribution < 1.29 is 17.9 Å². The predicted octanol–water partition coefficient (Wildman–Crippen LogP) is 4.93. The number of carbonyl (C=O) groups excluding carboxylic acids is 1. The highest BCUT2D eigenvalue weighted by atomic mass is 32.2. The minimum absolute atomic E-state index is 0.0232. The van der Waals surface area contributed by atoms with Crippen molar-refractivity contribution in [2.45, 2.75) is 33.6 Å². The molecule has 4 rings (SSSR count). The van der Waals surface area contributed by atoms with Gasteiger partial charge in [0.15, 0.2) is 5.65 Å². The van der Waals surface area contributed by atoms with Gasteiger partial charge in [0.1, 0.15) is 5.82 Å². The van der Waals surface area contributed by atoms with E-state index < -0.39 is 23.1 Å². The van der Waals surface area contributed by atoms with Gasteiger partial charge in [-0.05, 0) is 56.5 Å². The highest BCUT2D eigenvalue weighted by Gasteiger charge is 2.20. The fourth-order valence-electron chi connectivity index (χ4n) is 3.97. The van der Waals surface area contributed by atoms with Crippen molar-refractivity contribution in [3.8, 4) is 11.3 Å². The van der Waals surface area contributed by atoms with Crippen molar-refractivity contribution in [1.29, 1.82) is 0 Å². The van der Waals surface area contributed by atoms with Crippen molar-refractivity contribution in [3.63, 3.8) is 0 Å². The SMILES string of the molecule is CCc1nc2c(C)nc(C)cn2c1-c1ccc(CCN(C(=O)Nc2ccc(F)cc2)S(=O)O)cc1. The molecule has 2 aromatic carbocycles. The van der Waals surface area contributed by atoms with Crippen LogP contribution < -0.4 is 5.32 Å². The third-order valence-corrected chi connectivity index (χ3v) is 6.37. The van der Waals surface area contributed by atoms with Gasteiger partial charge >= 0.3 is 6.03 Å². The standard InChI is InChI=1S/C25H26FN5O3S/c1-4-22-23(30-15-16(2)27-17(3)24(30)29-22)19-7-5-18(6-8-19)13-14-31(35(33)34)25(32)28-21-11-9-20(26)10-12-21/h5-12,15H,4,13-14H2,1-3H3,(H,28,32)(H,33,34). The molecule has 182 valence electrons. The van der Waals surface area contributed by atoms with Crippen LogP contribution in [-0.2, 0) is 24.1 Å². The number of anilines is 1. The zero-order chi connectivity index (χ0) is 25.1. The lowest BCUT2D eigenvalue weighted by Gasteiger charge is -2.18. The number of amides is 2. The molecular weight excluding hydrogens is 469 g/mol. The second-order valence-corrected chi connectivity index (χ2v) is 9.04. The van der Waals surface area contributed by atoms with Crippen LogP contribution in [0.3, 0.4) is 0 Å². The molecule has 0 fully saturated rings. The molecule has 0 saturated carbocycles. The van der Waals surface area contributed by atoms with Gasteiger partial charge in [-0.2, -0.15) is 0 Å². The van der Waals surface area contributed by atoms with Crippen LogP contribution >= 0.6 is 0 Å². The zero-order valence-corrected chi connectivity index (χ0v) is 20.5. The Hall–Kier alpha value is -3.63. The Balaban J connectivity index is 1.51. The first kappa shape index (κ1) is 24.5. The van der Waals surface area contributed by atoms with Crippen molar-refractivity contribution in [3.05, 3.63) is 83.2 Å². The Morgan fingerprint density at radius 2 is 1.80 bits per heavy atom. The van der Waals surface area contributed by atoms with E-state index in [0.717, 1.165) is 50.3 Å². The number of fused-ring (bicyclic) bond motifs is 1. The average molecular weight is 496 g/mol. The molecule has 0 bridgehead atoms. The summed E-state index contributed by atoms with van der Waals surface area (Å²) in [7, 11) is 0. The maximum absolute atomic E-state index is 13.1. The third kappa shape index (κ3) is 5.39. The van der Waals surface area contributed by atoms with Crippen LogP contribution in [0.2, 0.25) is 0 Å². The van der Waals surface area contributed by atoms with Crippen LogP contribution in [0.4, 0.5) is 14.9 Å². The number of nitrogens with zero attached hydrogens (tertiary/aromatic N) is 4. The second-order valence-electron chi connectivity index (χ2n) is 8.14. The summed E-state index contributed by atoms with van der Waals surface area (Å²) in [6.07, 6.45) is 3.13. The number of carbonyl (C=O) groups is 1. The Morgan fingerprint density at radius 3 is 2.43 bits per heavy atom. The van der Waals surface area contributed by atoms with E-state index in [-0.39, 0.29) is 6.54 Å². The Morgan fingerprint density at radius 1 is 1.11 bits per heavy atom. The van der Waals surface area contributed by atoms with Crippen LogP contribution in [0.15, 0.2) is 54.7 Å². The van der Waals surface area contributed by atoms with E-state index in [1.807, 2.05) is 44.3 Å². The van der Waals surface area contributed by atoms with Crippen molar-refractivity contribution in [2.24, 2.45) is 0 Å². The van der Waals surface area contributed by atoms with Gasteiger partial charge < -0.3 is 5.32 Å². The maximum atomic E-state index is 13.1. The molecule has 2 aromatic heterocycles. The number of nitrogens with one attached hydrogen (secondary N) is 1. The molecule has 0 saturated heterocycles. The number of rotatable bonds is 7. The summed E-state index contributed by atoms with van der Waals surface area (Å²) in [6, 6.07) is 12.3. The van der Waals surface area contributed by atoms with Gasteiger partial charge in [0.05, 0.1) is 22.8 Å². The first-order chi connectivity index (χ1) is 16.8. The molecule has 2 heterocycles. The summed E-state index contributed by atoms with van der Waals surface area (Å²) >= 11 is -2.51. The highest BCUT2D eigenvalue weighted by molar-refractivity contribution is 7.77. The summed E-state index contributed by atoms with van der Waals surface area (Å²) in [5.41, 5.74) is 6.84. The number of imidazole rings is 1. The van der Waals surface area contributed by atoms with E-state index >= 15 is 0 Å². The number of benzene rings is 2. The monoisotopic (exact) mass is 495 g/mol. The van der Waals surface area contributed by atoms with Gasteiger partial charge in [-0.15, -0.1) is 0 Å². The topological polar surface area (TPSA) is 99.8 Å². The molecule has 0 aliphatic rings. The van der Waals surface area contributed by atoms with E-state index in [0.29, 0.717) is 12.1 Å². The first-order valence-electron chi connectivity index (χ1n) is 11.2. The molecular formula is C25H26FN5O3S. The largest absolute Gasteiger partial charge is 0.335 e. The lowest BCUT2D eigenvalue weighted by molar-refractivity contribution is 0.235. The Labute approximate surface area is 205 Å². The van der Waals surface area contributed by atoms with Crippen molar-refractivity contribution in [2.75, 3.05) is 11.9 Å². The lowest BCUT2D eigenvalue weighted by atomic mass is 10.0. The quantitative estimate of drug-likeness (QED) is 0.354. The van der Waals surface area contributed by atoms with Gasteiger partial charge in [-0.1, -0.05) is 31.2 Å². The van der Waals surface area contributed by atoms with E-state index in [9.17, 15) is 17.9 Å². The van der Waals surface area contributed by atoms with Crippen LogP contribution in [0.1, 0.15) is 29.6 Å². The van der Waals surface area contributed by atoms with Gasteiger partial charge in [0.25, 0.3) is 11.3 Å². The van der Waals surface area contributed by atoms with Gasteiger partial charge in [-0.25, -0.2) is 22.7 Å². The number of hydrogen-bond acceptors (Lipinski definition) is 4. The Bertz CT molecular complexity index is 1390. The molecule has 0 radical (unpaired) electrons. The van der Waals surface area contributed by atoms with Gasteiger partial charge in [0, 0.05) is 24.0 Å². The molecule has 0 aliphatic carbocycles. The van der Waals surface area contributed by atoms with Gasteiger partial charge in [-0.3, -0.25) is 13.9 Å². The van der Waals surface area contributed by atoms with Crippen molar-refractivity contribution >= 4 is 28.6 Å². The molecule has 4 aromatic rings. The summed E-state index contributed by atoms with van der Waals surface area (Å²) in [6.45, 7) is 5.99. The summed E-state index contributed by atoms with van der Waals surface area (Å²) in [4.78, 5) is 21.8. The fourth-order valence-corrected chi connectivity index (χ4v) is 4.41. The van der Waals surface area contributed by atoms with Crippen LogP contribution in [0.5, 0.6) is 0 Å². The number of urea groups is 1. The molecule has 35 heavy (non-hydrogen) atoms. The molecule has 0 aliphatic heterocycles. The smallest absolute Gasteiger partial charge is 0.307 e. The molecule has 0 spiro atoms. The predicted molar refractivity (Wildman–Crippen MR) is 134 cm³/mol. The van der Waals surface area contributed by atoms with Crippen LogP contribution in [0.25, 0.3) is 16.9 Å². The minimum atomic E-state index is -2.51. The average Bonchev–Trinajstić information content (AvgIpc) is 3.20. The third-order valence-electron chi connectivity index (χ3n) is 5.64. The van der Waals surface area contributed by atoms with E-state index in [4.69, 9.17) is 4.98 Å². The molecule has 1 atom stereocenters. The molecule has 8 nitrogen and oxygen atoms in total. The number of hydrogen-bond donors (Lipinski definition) is 2. The summed E-state index contributed by atoms with van der Waals surface area (Å²) < 4.78 is 37.3. The molecule has 2 amide bonds. The normalized spacial score (nSPS) is 12.0. The first-order valence-corrected chi connectivity index (χ1v) is 12.2. The summed E-state index contributed by atoms with van der Waals surface area (Å²) in [5, 5.41) is 2.51.